The van der Waals surface area contributed by atoms with Crippen LogP contribution in [-0.2, 0) is 12.8 Å². The van der Waals surface area contributed by atoms with Gasteiger partial charge in [0.05, 0.1) is 0 Å². The van der Waals surface area contributed by atoms with Gasteiger partial charge in [0.25, 0.3) is 0 Å². The number of rotatable bonds is 0. The highest BCUT2D eigenvalue weighted by Crippen LogP contribution is 2.20. The smallest absolute Gasteiger partial charge is 0.0267 e. The van der Waals surface area contributed by atoms with E-state index in [-0.39, 0.29) is 0 Å². The van der Waals surface area contributed by atoms with Crippen molar-refractivity contribution in [1.29, 1.82) is 0 Å². The third-order valence-electron chi connectivity index (χ3n) is 2.58. The Balaban J connectivity index is 0.000000124. The van der Waals surface area contributed by atoms with E-state index < -0.39 is 0 Å². The Labute approximate surface area is 90.8 Å². The van der Waals surface area contributed by atoms with Crippen LogP contribution in [0.2, 0.25) is 0 Å². The molecule has 0 saturated heterocycles. The van der Waals surface area contributed by atoms with Gasteiger partial charge in [-0.05, 0) is 42.5 Å². The highest BCUT2D eigenvalue weighted by Gasteiger charge is 2.07. The van der Waals surface area contributed by atoms with Crippen LogP contribution in [0.25, 0.3) is 0 Å². The van der Waals surface area contributed by atoms with E-state index in [1.165, 1.54) is 19.3 Å². The number of pyridine rings is 1. The highest BCUT2D eigenvalue weighted by atomic mass is 14.6. The van der Waals surface area contributed by atoms with Crippen LogP contribution in [0.3, 0.4) is 0 Å². The van der Waals surface area contributed by atoms with Gasteiger partial charge in [0.1, 0.15) is 0 Å². The summed E-state index contributed by atoms with van der Waals surface area (Å²) in [6.07, 6.45) is 7.46. The topological polar surface area (TPSA) is 12.9 Å². The van der Waals surface area contributed by atoms with E-state index in [2.05, 4.69) is 29.2 Å². The lowest BCUT2D eigenvalue weighted by Crippen LogP contribution is -1.77. The summed E-state index contributed by atoms with van der Waals surface area (Å²) in [6, 6.07) is 14.5. The zero-order chi connectivity index (χ0) is 10.3. The van der Waals surface area contributed by atoms with Crippen molar-refractivity contribution in [2.24, 2.45) is 0 Å². The van der Waals surface area contributed by atoms with Crippen LogP contribution < -0.4 is 0 Å². The zero-order valence-electron chi connectivity index (χ0n) is 8.76. The number of hydrogen-bond donors (Lipinski definition) is 0. The number of hydrogen-bond acceptors (Lipinski definition) is 1. The maximum atomic E-state index is 3.78. The predicted molar refractivity (Wildman–Crippen MR) is 62.7 cm³/mol. The van der Waals surface area contributed by atoms with E-state index in [9.17, 15) is 0 Å². The van der Waals surface area contributed by atoms with E-state index in [1.54, 1.807) is 23.5 Å². The van der Waals surface area contributed by atoms with Crippen molar-refractivity contribution in [3.8, 4) is 0 Å². The first-order valence-corrected chi connectivity index (χ1v) is 5.38. The monoisotopic (exact) mass is 197 g/mol. The number of nitrogens with zero attached hydrogens (tertiary/aromatic N) is 1. The maximum absolute atomic E-state index is 3.78. The molecule has 0 saturated carbocycles. The van der Waals surface area contributed by atoms with Crippen LogP contribution in [-0.4, -0.2) is 4.98 Å². The standard InChI is InChI=1S/C9H10.C5H5N/c1-2-5-9-7-3-6-8(9)4-1;1-2-4-6-5-3-1/h1-2,4-5H,3,6-7H2;1-5H. The van der Waals surface area contributed by atoms with Crippen molar-refractivity contribution in [2.75, 3.05) is 0 Å². The molecule has 0 aliphatic heterocycles. The van der Waals surface area contributed by atoms with Crippen molar-refractivity contribution >= 4 is 0 Å². The molecule has 0 atom stereocenters. The summed E-state index contributed by atoms with van der Waals surface area (Å²) in [5.41, 5.74) is 3.13. The van der Waals surface area contributed by atoms with E-state index in [1.807, 2.05) is 18.2 Å². The summed E-state index contributed by atoms with van der Waals surface area (Å²) in [7, 11) is 0. The lowest BCUT2D eigenvalue weighted by molar-refractivity contribution is 0.912. The van der Waals surface area contributed by atoms with Crippen LogP contribution in [0.15, 0.2) is 54.9 Å². The molecule has 15 heavy (non-hydrogen) atoms. The summed E-state index contributed by atoms with van der Waals surface area (Å²) in [4.78, 5) is 3.78. The predicted octanol–water partition coefficient (Wildman–Crippen LogP) is 3.26. The Morgan fingerprint density at radius 1 is 0.733 bits per heavy atom. The van der Waals surface area contributed by atoms with E-state index in [0.717, 1.165) is 0 Å². The van der Waals surface area contributed by atoms with Crippen molar-refractivity contribution in [3.05, 3.63) is 66.0 Å². The van der Waals surface area contributed by atoms with Gasteiger partial charge in [0, 0.05) is 12.4 Å². The fourth-order valence-corrected chi connectivity index (χ4v) is 1.83. The molecule has 1 nitrogen and oxygen atoms in total. The van der Waals surface area contributed by atoms with Crippen molar-refractivity contribution < 1.29 is 0 Å². The normalized spacial score (nSPS) is 12.5. The zero-order valence-corrected chi connectivity index (χ0v) is 8.76. The second-order valence-electron chi connectivity index (χ2n) is 3.65. The minimum atomic E-state index is 1.30. The molecular formula is C14H15N. The van der Waals surface area contributed by atoms with Crippen molar-refractivity contribution in [2.45, 2.75) is 19.3 Å². The summed E-state index contributed by atoms with van der Waals surface area (Å²) in [6.45, 7) is 0. The molecule has 0 bridgehead atoms. The highest BCUT2D eigenvalue weighted by molar-refractivity contribution is 5.30. The van der Waals surface area contributed by atoms with Gasteiger partial charge in [-0.15, -0.1) is 0 Å². The molecular weight excluding hydrogens is 182 g/mol. The molecule has 0 amide bonds. The Bertz CT molecular complexity index is 345. The van der Waals surface area contributed by atoms with Gasteiger partial charge in [-0.3, -0.25) is 4.98 Å². The van der Waals surface area contributed by atoms with Gasteiger partial charge in [0.15, 0.2) is 0 Å². The Hall–Kier alpha value is -1.63. The number of aryl methyl sites for hydroxylation is 2. The molecule has 2 aromatic rings. The summed E-state index contributed by atoms with van der Waals surface area (Å²) in [5.74, 6) is 0. The van der Waals surface area contributed by atoms with Gasteiger partial charge in [0.2, 0.25) is 0 Å². The molecule has 0 spiro atoms. The third kappa shape index (κ3) is 2.91. The Morgan fingerprint density at radius 3 is 1.73 bits per heavy atom. The van der Waals surface area contributed by atoms with E-state index in [4.69, 9.17) is 0 Å². The molecule has 1 aromatic carbocycles. The van der Waals surface area contributed by atoms with Gasteiger partial charge in [-0.1, -0.05) is 30.3 Å². The largest absolute Gasteiger partial charge is 0.265 e. The summed E-state index contributed by atoms with van der Waals surface area (Å²) >= 11 is 0. The van der Waals surface area contributed by atoms with Crippen LogP contribution in [0.1, 0.15) is 17.5 Å². The quantitative estimate of drug-likeness (QED) is 0.631. The Kier molecular flexibility index (Phi) is 3.50. The molecule has 1 aliphatic rings. The van der Waals surface area contributed by atoms with Crippen LogP contribution in [0.4, 0.5) is 0 Å². The molecule has 0 radical (unpaired) electrons. The number of benzene rings is 1. The number of aromatic nitrogens is 1. The first-order chi connectivity index (χ1) is 7.47. The van der Waals surface area contributed by atoms with Crippen LogP contribution in [0, 0.1) is 0 Å². The van der Waals surface area contributed by atoms with Crippen molar-refractivity contribution in [1.82, 2.24) is 4.98 Å². The molecule has 1 aromatic heterocycles. The molecule has 0 unspecified atom stereocenters. The summed E-state index contributed by atoms with van der Waals surface area (Å²) < 4.78 is 0. The number of fused-ring (bicyclic) bond motifs is 1. The van der Waals surface area contributed by atoms with Gasteiger partial charge >= 0.3 is 0 Å². The molecule has 0 N–H and O–H groups in total. The minimum absolute atomic E-state index is 1.30. The molecule has 76 valence electrons. The average molecular weight is 197 g/mol. The lowest BCUT2D eigenvalue weighted by atomic mass is 10.1. The third-order valence-corrected chi connectivity index (χ3v) is 2.58. The van der Waals surface area contributed by atoms with Crippen molar-refractivity contribution in [3.63, 3.8) is 0 Å². The fourth-order valence-electron chi connectivity index (χ4n) is 1.83. The van der Waals surface area contributed by atoms with Gasteiger partial charge < -0.3 is 0 Å². The van der Waals surface area contributed by atoms with Crippen LogP contribution >= 0.6 is 0 Å². The first-order valence-electron chi connectivity index (χ1n) is 5.38. The molecule has 3 rings (SSSR count). The maximum Gasteiger partial charge on any atom is 0.0267 e. The SMILES string of the molecule is c1ccc2c(c1)CCC2.c1ccncc1. The van der Waals surface area contributed by atoms with Gasteiger partial charge in [-0.25, -0.2) is 0 Å². The Morgan fingerprint density at radius 2 is 1.33 bits per heavy atom. The second kappa shape index (κ2) is 5.30. The summed E-state index contributed by atoms with van der Waals surface area (Å²) in [5, 5.41) is 0. The minimum Gasteiger partial charge on any atom is -0.265 e. The molecule has 1 heterocycles. The lowest BCUT2D eigenvalue weighted by Gasteiger charge is -1.93. The molecule has 1 aliphatic carbocycles. The second-order valence-corrected chi connectivity index (χ2v) is 3.65. The van der Waals surface area contributed by atoms with E-state index in [0.29, 0.717) is 0 Å². The first kappa shape index (κ1) is 9.91. The van der Waals surface area contributed by atoms with E-state index >= 15 is 0 Å². The fraction of sp³-hybridized carbons (Fsp3) is 0.214. The average Bonchev–Trinajstić information content (AvgIpc) is 2.80. The molecule has 1 heteroatoms. The van der Waals surface area contributed by atoms with Crippen LogP contribution in [0.5, 0.6) is 0 Å². The van der Waals surface area contributed by atoms with Gasteiger partial charge in [-0.2, -0.15) is 0 Å². The molecule has 0 fully saturated rings.